The molecule has 1 aromatic heterocycles. The number of piperidine rings is 1. The normalized spacial score (nSPS) is 17.8. The Morgan fingerprint density at radius 2 is 1.88 bits per heavy atom. The van der Waals surface area contributed by atoms with Crippen molar-refractivity contribution in [3.8, 4) is 0 Å². The molecule has 0 aliphatic carbocycles. The third-order valence-electron chi connectivity index (χ3n) is 4.45. The van der Waals surface area contributed by atoms with E-state index in [2.05, 4.69) is 17.1 Å². The van der Waals surface area contributed by atoms with E-state index in [0.717, 1.165) is 30.7 Å². The predicted octanol–water partition coefficient (Wildman–Crippen LogP) is 2.44. The predicted molar refractivity (Wildman–Crippen MR) is 95.3 cm³/mol. The van der Waals surface area contributed by atoms with E-state index in [9.17, 15) is 14.4 Å². The molecule has 1 fully saturated rings. The largest absolute Gasteiger partial charge is 0.465 e. The number of anilines is 1. The highest BCUT2D eigenvalue weighted by Crippen LogP contribution is 2.34. The molecule has 1 aliphatic heterocycles. The Balaban J connectivity index is 2.20. The molecule has 1 aliphatic rings. The number of amides is 1. The molecule has 7 nitrogen and oxygen atoms in total. The van der Waals surface area contributed by atoms with Gasteiger partial charge in [0.1, 0.15) is 9.88 Å². The van der Waals surface area contributed by atoms with Gasteiger partial charge in [-0.3, -0.25) is 9.69 Å². The number of hydrogen-bond donors (Lipinski definition) is 1. The summed E-state index contributed by atoms with van der Waals surface area (Å²) in [7, 11) is 2.54. The van der Waals surface area contributed by atoms with Crippen molar-refractivity contribution in [1.29, 1.82) is 0 Å². The molecule has 0 bridgehead atoms. The topological polar surface area (TPSA) is 84.9 Å². The first-order valence-electron chi connectivity index (χ1n) is 8.23. The van der Waals surface area contributed by atoms with Crippen molar-refractivity contribution in [3.05, 3.63) is 16.0 Å². The van der Waals surface area contributed by atoms with Crippen molar-refractivity contribution in [2.45, 2.75) is 39.2 Å². The lowest BCUT2D eigenvalue weighted by molar-refractivity contribution is -0.118. The molecule has 1 atom stereocenters. The van der Waals surface area contributed by atoms with Crippen LogP contribution in [0, 0.1) is 6.92 Å². The Hall–Kier alpha value is -1.93. The van der Waals surface area contributed by atoms with Gasteiger partial charge in [0.25, 0.3) is 0 Å². The van der Waals surface area contributed by atoms with Gasteiger partial charge in [0.05, 0.1) is 26.3 Å². The fraction of sp³-hybridized carbons (Fsp3) is 0.588. The van der Waals surface area contributed by atoms with E-state index in [-0.39, 0.29) is 22.9 Å². The second-order valence-electron chi connectivity index (χ2n) is 6.11. The lowest BCUT2D eigenvalue weighted by Gasteiger charge is -2.32. The molecular weight excluding hydrogens is 344 g/mol. The van der Waals surface area contributed by atoms with Crippen molar-refractivity contribution in [1.82, 2.24) is 4.90 Å². The first-order chi connectivity index (χ1) is 11.9. The van der Waals surface area contributed by atoms with Gasteiger partial charge in [-0.05, 0) is 38.8 Å². The Morgan fingerprint density at radius 1 is 1.20 bits per heavy atom. The zero-order valence-corrected chi connectivity index (χ0v) is 15.8. The summed E-state index contributed by atoms with van der Waals surface area (Å²) in [6.07, 6.45) is 3.33. The van der Waals surface area contributed by atoms with Crippen LogP contribution in [-0.2, 0) is 14.3 Å². The molecule has 0 unspecified atom stereocenters. The van der Waals surface area contributed by atoms with Crippen LogP contribution >= 0.6 is 11.3 Å². The molecule has 25 heavy (non-hydrogen) atoms. The zero-order chi connectivity index (χ0) is 18.6. The lowest BCUT2D eigenvalue weighted by Crippen LogP contribution is -2.42. The molecule has 138 valence electrons. The van der Waals surface area contributed by atoms with Crippen LogP contribution in [0.25, 0.3) is 0 Å². The van der Waals surface area contributed by atoms with Crippen molar-refractivity contribution in [2.75, 3.05) is 32.6 Å². The van der Waals surface area contributed by atoms with Crippen LogP contribution in [0.1, 0.15) is 51.8 Å². The Kier molecular flexibility index (Phi) is 6.55. The lowest BCUT2D eigenvalue weighted by atomic mass is 10.0. The minimum atomic E-state index is -0.592. The summed E-state index contributed by atoms with van der Waals surface area (Å²) in [4.78, 5) is 38.8. The molecule has 2 rings (SSSR count). The summed E-state index contributed by atoms with van der Waals surface area (Å²) >= 11 is 1.03. The quantitative estimate of drug-likeness (QED) is 0.804. The van der Waals surface area contributed by atoms with Gasteiger partial charge >= 0.3 is 11.9 Å². The van der Waals surface area contributed by atoms with Gasteiger partial charge in [0.2, 0.25) is 5.91 Å². The maximum atomic E-state index is 12.4. The molecule has 8 heteroatoms. The van der Waals surface area contributed by atoms with Crippen LogP contribution in [0.5, 0.6) is 0 Å². The number of methoxy groups -OCH3 is 2. The number of nitrogens with zero attached hydrogens (tertiary/aromatic N) is 1. The summed E-state index contributed by atoms with van der Waals surface area (Å²) in [6.45, 7) is 4.88. The number of ether oxygens (including phenoxy) is 2. The fourth-order valence-electron chi connectivity index (χ4n) is 2.98. The van der Waals surface area contributed by atoms with E-state index in [4.69, 9.17) is 9.47 Å². The van der Waals surface area contributed by atoms with Crippen LogP contribution in [0.3, 0.4) is 0 Å². The summed E-state index contributed by atoms with van der Waals surface area (Å²) in [5.41, 5.74) is 0.651. The second-order valence-corrected chi connectivity index (χ2v) is 7.13. The van der Waals surface area contributed by atoms with Crippen molar-refractivity contribution < 1.29 is 23.9 Å². The molecule has 1 aromatic rings. The maximum absolute atomic E-state index is 12.4. The van der Waals surface area contributed by atoms with Crippen LogP contribution in [-0.4, -0.2) is 56.1 Å². The summed E-state index contributed by atoms with van der Waals surface area (Å²) in [5.74, 6) is -1.35. The van der Waals surface area contributed by atoms with Crippen LogP contribution in [0.15, 0.2) is 0 Å². The number of likely N-dealkylation sites (tertiary alicyclic amines) is 1. The zero-order valence-electron chi connectivity index (χ0n) is 15.0. The highest BCUT2D eigenvalue weighted by Gasteiger charge is 2.27. The van der Waals surface area contributed by atoms with Gasteiger partial charge in [0, 0.05) is 6.04 Å². The molecule has 0 saturated carbocycles. The Morgan fingerprint density at radius 3 is 2.48 bits per heavy atom. The van der Waals surface area contributed by atoms with Crippen molar-refractivity contribution >= 4 is 34.2 Å². The number of carbonyl (C=O) groups is 3. The molecular formula is C17H24N2O5S. The average Bonchev–Trinajstić information content (AvgIpc) is 2.91. The number of nitrogens with one attached hydrogen (secondary N) is 1. The summed E-state index contributed by atoms with van der Waals surface area (Å²) in [5, 5.41) is 3.08. The van der Waals surface area contributed by atoms with Crippen LogP contribution in [0.2, 0.25) is 0 Å². The Labute approximate surface area is 151 Å². The third kappa shape index (κ3) is 4.38. The van der Waals surface area contributed by atoms with Gasteiger partial charge in [-0.25, -0.2) is 9.59 Å². The molecule has 1 N–H and O–H groups in total. The van der Waals surface area contributed by atoms with Gasteiger partial charge in [-0.1, -0.05) is 6.42 Å². The molecule has 0 spiro atoms. The minimum absolute atomic E-state index is 0.202. The van der Waals surface area contributed by atoms with Crippen LogP contribution < -0.4 is 5.32 Å². The standard InChI is InChI=1S/C17H24N2O5S/c1-10-7-5-6-8-19(10)9-12(20)18-15-13(16(21)23-3)11(2)14(25-15)17(22)24-4/h10H,5-9H2,1-4H3,(H,18,20)/t10-/m0/s1. The van der Waals surface area contributed by atoms with Gasteiger partial charge in [0.15, 0.2) is 0 Å². The third-order valence-corrected chi connectivity index (χ3v) is 5.63. The van der Waals surface area contributed by atoms with E-state index in [0.29, 0.717) is 16.6 Å². The smallest absolute Gasteiger partial charge is 0.348 e. The van der Waals surface area contributed by atoms with Gasteiger partial charge in [-0.15, -0.1) is 11.3 Å². The number of carbonyl (C=O) groups excluding carboxylic acids is 3. The Bertz CT molecular complexity index is 670. The van der Waals surface area contributed by atoms with Crippen molar-refractivity contribution in [3.63, 3.8) is 0 Å². The maximum Gasteiger partial charge on any atom is 0.348 e. The van der Waals surface area contributed by atoms with E-state index in [1.54, 1.807) is 6.92 Å². The van der Waals surface area contributed by atoms with Gasteiger partial charge in [-0.2, -0.15) is 0 Å². The fourth-order valence-corrected chi connectivity index (χ4v) is 4.11. The number of thiophene rings is 1. The highest BCUT2D eigenvalue weighted by atomic mass is 32.1. The van der Waals surface area contributed by atoms with E-state index >= 15 is 0 Å². The second kappa shape index (κ2) is 8.44. The first-order valence-corrected chi connectivity index (χ1v) is 9.04. The number of esters is 2. The van der Waals surface area contributed by atoms with E-state index in [1.807, 2.05) is 0 Å². The molecule has 1 saturated heterocycles. The van der Waals surface area contributed by atoms with E-state index < -0.39 is 11.9 Å². The van der Waals surface area contributed by atoms with E-state index in [1.165, 1.54) is 20.6 Å². The monoisotopic (exact) mass is 368 g/mol. The van der Waals surface area contributed by atoms with Gasteiger partial charge < -0.3 is 14.8 Å². The first kappa shape index (κ1) is 19.4. The van der Waals surface area contributed by atoms with Crippen LogP contribution in [0.4, 0.5) is 5.00 Å². The minimum Gasteiger partial charge on any atom is -0.465 e. The molecule has 2 heterocycles. The molecule has 1 amide bonds. The number of rotatable bonds is 5. The molecule has 0 radical (unpaired) electrons. The average molecular weight is 368 g/mol. The van der Waals surface area contributed by atoms with Crippen molar-refractivity contribution in [2.24, 2.45) is 0 Å². The molecule has 0 aromatic carbocycles. The summed E-state index contributed by atoms with van der Waals surface area (Å²) < 4.78 is 9.52. The summed E-state index contributed by atoms with van der Waals surface area (Å²) in [6, 6.07) is 0.357. The highest BCUT2D eigenvalue weighted by molar-refractivity contribution is 7.18. The SMILES string of the molecule is COC(=O)c1sc(NC(=O)CN2CCCC[C@@H]2C)c(C(=O)OC)c1C. The number of hydrogen-bond acceptors (Lipinski definition) is 7.